The van der Waals surface area contributed by atoms with Gasteiger partial charge in [-0.05, 0) is 62.7 Å². The van der Waals surface area contributed by atoms with Gasteiger partial charge in [0.05, 0.1) is 6.10 Å². The second-order valence-corrected chi connectivity index (χ2v) is 7.76. The summed E-state index contributed by atoms with van der Waals surface area (Å²) < 4.78 is 0. The maximum Gasteiger partial charge on any atom is 0.0680 e. The summed E-state index contributed by atoms with van der Waals surface area (Å²) in [5, 5.41) is 10.4. The highest BCUT2D eigenvalue weighted by molar-refractivity contribution is 5.11. The van der Waals surface area contributed by atoms with E-state index in [9.17, 15) is 5.11 Å². The molecule has 120 valence electrons. The van der Waals surface area contributed by atoms with Crippen molar-refractivity contribution in [1.82, 2.24) is 0 Å². The van der Waals surface area contributed by atoms with Gasteiger partial charge in [0.2, 0.25) is 0 Å². The fourth-order valence-corrected chi connectivity index (χ4v) is 4.18. The molecular weight excluding hydrogens is 256 g/mol. The van der Waals surface area contributed by atoms with Crippen LogP contribution < -0.4 is 0 Å². The van der Waals surface area contributed by atoms with Gasteiger partial charge in [0.15, 0.2) is 0 Å². The lowest BCUT2D eigenvalue weighted by molar-refractivity contribution is 0.0522. The fourth-order valence-electron chi connectivity index (χ4n) is 4.18. The Morgan fingerprint density at radius 3 is 2.38 bits per heavy atom. The molecule has 0 bridgehead atoms. The van der Waals surface area contributed by atoms with Crippen molar-refractivity contribution in [3.63, 3.8) is 0 Å². The fraction of sp³-hybridized carbons (Fsp3) is 0.900. The third-order valence-corrected chi connectivity index (χ3v) is 5.89. The number of hydrogen-bond acceptors (Lipinski definition) is 1. The maximum absolute atomic E-state index is 10.4. The molecule has 0 aromatic rings. The lowest BCUT2D eigenvalue weighted by Crippen LogP contribution is -2.31. The summed E-state index contributed by atoms with van der Waals surface area (Å²) in [6, 6.07) is 0. The van der Waals surface area contributed by atoms with Crippen LogP contribution in [0.2, 0.25) is 0 Å². The van der Waals surface area contributed by atoms with E-state index in [1.54, 1.807) is 0 Å². The SMILES string of the molecule is CCCC(C)C1CCC(C#CC2CCC(C)CC2)C(O)C1. The minimum absolute atomic E-state index is 0.182. The zero-order valence-electron chi connectivity index (χ0n) is 14.3. The molecule has 2 fully saturated rings. The van der Waals surface area contributed by atoms with Crippen LogP contribution in [0.25, 0.3) is 0 Å². The molecule has 2 aliphatic rings. The van der Waals surface area contributed by atoms with E-state index in [0.29, 0.717) is 11.8 Å². The second kappa shape index (κ2) is 8.23. The molecule has 4 unspecified atom stereocenters. The number of aliphatic hydroxyl groups excluding tert-OH is 1. The Morgan fingerprint density at radius 1 is 1.05 bits per heavy atom. The topological polar surface area (TPSA) is 20.2 Å². The van der Waals surface area contributed by atoms with Gasteiger partial charge < -0.3 is 5.11 Å². The van der Waals surface area contributed by atoms with Crippen LogP contribution in [-0.2, 0) is 0 Å². The van der Waals surface area contributed by atoms with E-state index in [0.717, 1.165) is 24.7 Å². The Hall–Kier alpha value is -0.480. The van der Waals surface area contributed by atoms with Crippen molar-refractivity contribution in [2.24, 2.45) is 29.6 Å². The minimum atomic E-state index is -0.182. The quantitative estimate of drug-likeness (QED) is 0.723. The number of aliphatic hydroxyl groups is 1. The van der Waals surface area contributed by atoms with Gasteiger partial charge in [-0.1, -0.05) is 45.5 Å². The van der Waals surface area contributed by atoms with E-state index in [1.165, 1.54) is 44.9 Å². The molecule has 0 heterocycles. The van der Waals surface area contributed by atoms with Crippen LogP contribution in [-0.4, -0.2) is 11.2 Å². The van der Waals surface area contributed by atoms with Gasteiger partial charge in [-0.2, -0.15) is 0 Å². The highest BCUT2D eigenvalue weighted by Crippen LogP contribution is 2.35. The Morgan fingerprint density at radius 2 is 1.76 bits per heavy atom. The molecule has 2 aliphatic carbocycles. The Labute approximate surface area is 131 Å². The first-order valence-electron chi connectivity index (χ1n) is 9.29. The lowest BCUT2D eigenvalue weighted by atomic mass is 9.73. The zero-order valence-corrected chi connectivity index (χ0v) is 14.3. The Balaban J connectivity index is 1.81. The van der Waals surface area contributed by atoms with Gasteiger partial charge in [0.25, 0.3) is 0 Å². The van der Waals surface area contributed by atoms with Crippen LogP contribution >= 0.6 is 0 Å². The summed E-state index contributed by atoms with van der Waals surface area (Å²) in [7, 11) is 0. The van der Waals surface area contributed by atoms with Crippen molar-refractivity contribution in [3.05, 3.63) is 0 Å². The van der Waals surface area contributed by atoms with Crippen LogP contribution in [0.1, 0.15) is 78.6 Å². The average molecular weight is 290 g/mol. The average Bonchev–Trinajstić information content (AvgIpc) is 2.48. The predicted octanol–water partition coefficient (Wildman–Crippen LogP) is 5.03. The van der Waals surface area contributed by atoms with Crippen molar-refractivity contribution in [1.29, 1.82) is 0 Å². The molecular formula is C20H34O. The largest absolute Gasteiger partial charge is 0.392 e. The van der Waals surface area contributed by atoms with Gasteiger partial charge in [0, 0.05) is 11.8 Å². The molecule has 0 aromatic heterocycles. The standard InChI is InChI=1S/C20H34O/c1-4-5-16(3)19-13-12-18(20(21)14-19)11-10-17-8-6-15(2)7-9-17/h15-21H,4-9,12-14H2,1-3H3. The van der Waals surface area contributed by atoms with Crippen LogP contribution in [0.4, 0.5) is 0 Å². The molecule has 1 heteroatoms. The highest BCUT2D eigenvalue weighted by atomic mass is 16.3. The van der Waals surface area contributed by atoms with Gasteiger partial charge in [-0.25, -0.2) is 0 Å². The Bertz CT molecular complexity index is 356. The molecule has 21 heavy (non-hydrogen) atoms. The van der Waals surface area contributed by atoms with E-state index >= 15 is 0 Å². The number of hydrogen-bond donors (Lipinski definition) is 1. The van der Waals surface area contributed by atoms with Gasteiger partial charge in [-0.3, -0.25) is 0 Å². The molecule has 0 saturated heterocycles. The lowest BCUT2D eigenvalue weighted by Gasteiger charge is -2.34. The summed E-state index contributed by atoms with van der Waals surface area (Å²) >= 11 is 0. The summed E-state index contributed by atoms with van der Waals surface area (Å²) in [4.78, 5) is 0. The molecule has 1 N–H and O–H groups in total. The normalized spacial score (nSPS) is 38.4. The third kappa shape index (κ3) is 5.03. The van der Waals surface area contributed by atoms with Gasteiger partial charge in [0.1, 0.15) is 0 Å². The highest BCUT2D eigenvalue weighted by Gasteiger charge is 2.30. The summed E-state index contributed by atoms with van der Waals surface area (Å²) in [6.07, 6.45) is 10.9. The molecule has 0 spiro atoms. The Kier molecular flexibility index (Phi) is 6.62. The zero-order chi connectivity index (χ0) is 15.2. The molecule has 4 atom stereocenters. The van der Waals surface area contributed by atoms with E-state index in [4.69, 9.17) is 0 Å². The molecule has 0 aromatic carbocycles. The first-order valence-corrected chi connectivity index (χ1v) is 9.29. The van der Waals surface area contributed by atoms with Crippen molar-refractivity contribution in [2.45, 2.75) is 84.7 Å². The summed E-state index contributed by atoms with van der Waals surface area (Å²) in [5.74, 6) is 10.2. The van der Waals surface area contributed by atoms with Crippen LogP contribution in [0.5, 0.6) is 0 Å². The van der Waals surface area contributed by atoms with E-state index < -0.39 is 0 Å². The summed E-state index contributed by atoms with van der Waals surface area (Å²) in [6.45, 7) is 6.97. The van der Waals surface area contributed by atoms with Crippen molar-refractivity contribution in [2.75, 3.05) is 0 Å². The first kappa shape index (κ1) is 16.9. The van der Waals surface area contributed by atoms with Gasteiger partial charge in [-0.15, -0.1) is 0 Å². The van der Waals surface area contributed by atoms with Crippen molar-refractivity contribution in [3.8, 4) is 11.8 Å². The van der Waals surface area contributed by atoms with Crippen molar-refractivity contribution >= 4 is 0 Å². The molecule has 1 nitrogen and oxygen atoms in total. The van der Waals surface area contributed by atoms with Crippen molar-refractivity contribution < 1.29 is 5.11 Å². The van der Waals surface area contributed by atoms with Gasteiger partial charge >= 0.3 is 0 Å². The smallest absolute Gasteiger partial charge is 0.0680 e. The maximum atomic E-state index is 10.4. The molecule has 0 radical (unpaired) electrons. The van der Waals surface area contributed by atoms with E-state index in [2.05, 4.69) is 32.6 Å². The van der Waals surface area contributed by atoms with Crippen LogP contribution in [0.15, 0.2) is 0 Å². The first-order chi connectivity index (χ1) is 10.1. The number of rotatable bonds is 3. The van der Waals surface area contributed by atoms with Crippen LogP contribution in [0.3, 0.4) is 0 Å². The third-order valence-electron chi connectivity index (χ3n) is 5.89. The molecule has 2 saturated carbocycles. The summed E-state index contributed by atoms with van der Waals surface area (Å²) in [5.41, 5.74) is 0. The van der Waals surface area contributed by atoms with E-state index in [1.807, 2.05) is 0 Å². The molecule has 0 aliphatic heterocycles. The minimum Gasteiger partial charge on any atom is -0.392 e. The molecule has 0 amide bonds. The second-order valence-electron chi connectivity index (χ2n) is 7.76. The monoisotopic (exact) mass is 290 g/mol. The van der Waals surface area contributed by atoms with E-state index in [-0.39, 0.29) is 12.0 Å². The van der Waals surface area contributed by atoms with Crippen LogP contribution in [0, 0.1) is 41.4 Å². The predicted molar refractivity (Wildman–Crippen MR) is 89.8 cm³/mol. The molecule has 2 rings (SSSR count).